The average Bonchev–Trinajstić information content (AvgIpc) is 2.24. The van der Waals surface area contributed by atoms with E-state index in [0.29, 0.717) is 12.1 Å². The summed E-state index contributed by atoms with van der Waals surface area (Å²) in [5.41, 5.74) is -0.399. The minimum absolute atomic E-state index is 0.399. The molecule has 1 aliphatic carbocycles. The lowest BCUT2D eigenvalue weighted by Gasteiger charge is -2.43. The van der Waals surface area contributed by atoms with Crippen LogP contribution in [0.1, 0.15) is 46.0 Å². The average molecular weight is 226 g/mol. The molecule has 2 aliphatic rings. The molecule has 2 rings (SSSR count). The first kappa shape index (κ1) is 12.3. The van der Waals surface area contributed by atoms with Crippen LogP contribution in [0.5, 0.6) is 0 Å². The van der Waals surface area contributed by atoms with Crippen molar-refractivity contribution in [1.29, 1.82) is 0 Å². The van der Waals surface area contributed by atoms with Crippen molar-refractivity contribution in [2.24, 2.45) is 0 Å². The fourth-order valence-corrected chi connectivity index (χ4v) is 3.06. The van der Waals surface area contributed by atoms with Gasteiger partial charge in [-0.25, -0.2) is 0 Å². The third-order valence-corrected chi connectivity index (χ3v) is 4.18. The highest BCUT2D eigenvalue weighted by molar-refractivity contribution is 4.90. The van der Waals surface area contributed by atoms with E-state index >= 15 is 0 Å². The molecule has 2 unspecified atom stereocenters. The van der Waals surface area contributed by atoms with Crippen molar-refractivity contribution in [2.75, 3.05) is 19.6 Å². The zero-order valence-electron chi connectivity index (χ0n) is 10.7. The highest BCUT2D eigenvalue weighted by atomic mass is 16.3. The van der Waals surface area contributed by atoms with E-state index in [1.165, 1.54) is 19.3 Å². The van der Waals surface area contributed by atoms with Gasteiger partial charge in [0.05, 0.1) is 5.60 Å². The van der Waals surface area contributed by atoms with Crippen LogP contribution in [0, 0.1) is 0 Å². The maximum Gasteiger partial charge on any atom is 0.0774 e. The molecular formula is C13H26N2O. The SMILES string of the molecule is CC1CN(CC2(O)CCCCC2)C(C)CN1. The highest BCUT2D eigenvalue weighted by Gasteiger charge is 2.34. The van der Waals surface area contributed by atoms with Crippen molar-refractivity contribution in [1.82, 2.24) is 10.2 Å². The number of aliphatic hydroxyl groups is 1. The lowest BCUT2D eigenvalue weighted by molar-refractivity contribution is -0.0411. The Labute approximate surface area is 99.2 Å². The third kappa shape index (κ3) is 2.96. The van der Waals surface area contributed by atoms with E-state index in [9.17, 15) is 5.11 Å². The first-order chi connectivity index (χ1) is 7.59. The second-order valence-electron chi connectivity index (χ2n) is 5.87. The molecule has 0 aromatic heterocycles. The fraction of sp³-hybridized carbons (Fsp3) is 1.00. The van der Waals surface area contributed by atoms with Gasteiger partial charge in [-0.2, -0.15) is 0 Å². The van der Waals surface area contributed by atoms with Gasteiger partial charge in [0.25, 0.3) is 0 Å². The van der Waals surface area contributed by atoms with Crippen LogP contribution in [0.15, 0.2) is 0 Å². The smallest absolute Gasteiger partial charge is 0.0774 e. The van der Waals surface area contributed by atoms with Gasteiger partial charge in [0, 0.05) is 31.7 Å². The largest absolute Gasteiger partial charge is 0.389 e. The molecule has 1 aliphatic heterocycles. The molecule has 0 spiro atoms. The van der Waals surface area contributed by atoms with Crippen LogP contribution < -0.4 is 5.32 Å². The van der Waals surface area contributed by atoms with E-state index < -0.39 is 5.60 Å². The summed E-state index contributed by atoms with van der Waals surface area (Å²) in [6.45, 7) is 7.48. The van der Waals surface area contributed by atoms with Crippen molar-refractivity contribution in [3.8, 4) is 0 Å². The van der Waals surface area contributed by atoms with Crippen molar-refractivity contribution in [3.63, 3.8) is 0 Å². The second-order valence-corrected chi connectivity index (χ2v) is 5.87. The molecule has 1 heterocycles. The number of nitrogens with zero attached hydrogens (tertiary/aromatic N) is 1. The van der Waals surface area contributed by atoms with Gasteiger partial charge in [0.15, 0.2) is 0 Å². The predicted octanol–water partition coefficient (Wildman–Crippen LogP) is 1.36. The monoisotopic (exact) mass is 226 g/mol. The van der Waals surface area contributed by atoms with Crippen LogP contribution in [-0.2, 0) is 0 Å². The van der Waals surface area contributed by atoms with E-state index in [1.54, 1.807) is 0 Å². The minimum atomic E-state index is -0.399. The van der Waals surface area contributed by atoms with Crippen molar-refractivity contribution >= 4 is 0 Å². The van der Waals surface area contributed by atoms with Crippen LogP contribution in [0.3, 0.4) is 0 Å². The van der Waals surface area contributed by atoms with E-state index in [-0.39, 0.29) is 0 Å². The number of hydrogen-bond acceptors (Lipinski definition) is 3. The van der Waals surface area contributed by atoms with Crippen LogP contribution in [0.25, 0.3) is 0 Å². The van der Waals surface area contributed by atoms with E-state index in [4.69, 9.17) is 0 Å². The predicted molar refractivity (Wildman–Crippen MR) is 66.5 cm³/mol. The van der Waals surface area contributed by atoms with E-state index in [2.05, 4.69) is 24.1 Å². The summed E-state index contributed by atoms with van der Waals surface area (Å²) in [7, 11) is 0. The third-order valence-electron chi connectivity index (χ3n) is 4.18. The van der Waals surface area contributed by atoms with Crippen LogP contribution in [-0.4, -0.2) is 47.3 Å². The highest BCUT2D eigenvalue weighted by Crippen LogP contribution is 2.29. The first-order valence-corrected chi connectivity index (χ1v) is 6.79. The summed E-state index contributed by atoms with van der Waals surface area (Å²) >= 11 is 0. The molecule has 16 heavy (non-hydrogen) atoms. The van der Waals surface area contributed by atoms with Gasteiger partial charge < -0.3 is 10.4 Å². The molecule has 2 fully saturated rings. The molecule has 0 aromatic carbocycles. The van der Waals surface area contributed by atoms with Crippen LogP contribution in [0.2, 0.25) is 0 Å². The number of nitrogens with one attached hydrogen (secondary N) is 1. The lowest BCUT2D eigenvalue weighted by atomic mass is 9.84. The molecular weight excluding hydrogens is 200 g/mol. The molecule has 1 saturated carbocycles. The Morgan fingerprint density at radius 2 is 1.94 bits per heavy atom. The molecule has 0 bridgehead atoms. The molecule has 94 valence electrons. The Morgan fingerprint density at radius 3 is 2.62 bits per heavy atom. The molecule has 3 heteroatoms. The van der Waals surface area contributed by atoms with E-state index in [0.717, 1.165) is 32.5 Å². The lowest BCUT2D eigenvalue weighted by Crippen LogP contribution is -2.58. The Balaban J connectivity index is 1.91. The number of piperazine rings is 1. The Bertz CT molecular complexity index is 226. The van der Waals surface area contributed by atoms with Crippen molar-refractivity contribution in [2.45, 2.75) is 63.6 Å². The summed E-state index contributed by atoms with van der Waals surface area (Å²) in [4.78, 5) is 2.46. The number of rotatable bonds is 2. The van der Waals surface area contributed by atoms with Crippen LogP contribution >= 0.6 is 0 Å². The van der Waals surface area contributed by atoms with Gasteiger partial charge in [-0.15, -0.1) is 0 Å². The molecule has 2 N–H and O–H groups in total. The molecule has 0 radical (unpaired) electrons. The van der Waals surface area contributed by atoms with Gasteiger partial charge in [0.2, 0.25) is 0 Å². The molecule has 3 nitrogen and oxygen atoms in total. The van der Waals surface area contributed by atoms with Crippen molar-refractivity contribution in [3.05, 3.63) is 0 Å². The van der Waals surface area contributed by atoms with Gasteiger partial charge >= 0.3 is 0 Å². The van der Waals surface area contributed by atoms with Gasteiger partial charge in [-0.1, -0.05) is 19.3 Å². The summed E-state index contributed by atoms with van der Waals surface area (Å²) in [6, 6.07) is 1.12. The summed E-state index contributed by atoms with van der Waals surface area (Å²) < 4.78 is 0. The van der Waals surface area contributed by atoms with E-state index in [1.807, 2.05) is 0 Å². The summed E-state index contributed by atoms with van der Waals surface area (Å²) in [5.74, 6) is 0. The minimum Gasteiger partial charge on any atom is -0.389 e. The normalized spacial score (nSPS) is 36.2. The second kappa shape index (κ2) is 5.03. The van der Waals surface area contributed by atoms with Gasteiger partial charge in [0.1, 0.15) is 0 Å². The zero-order chi connectivity index (χ0) is 11.6. The first-order valence-electron chi connectivity index (χ1n) is 6.79. The van der Waals surface area contributed by atoms with Crippen LogP contribution in [0.4, 0.5) is 0 Å². The fourth-order valence-electron chi connectivity index (χ4n) is 3.06. The Hall–Kier alpha value is -0.120. The molecule has 2 atom stereocenters. The zero-order valence-corrected chi connectivity index (χ0v) is 10.7. The summed E-state index contributed by atoms with van der Waals surface area (Å²) in [6.07, 6.45) is 5.70. The summed E-state index contributed by atoms with van der Waals surface area (Å²) in [5, 5.41) is 14.1. The molecule has 0 aromatic rings. The number of β-amino-alcohol motifs (C(OH)–C–C–N with tert-alkyl or cyclic N) is 1. The number of hydrogen-bond donors (Lipinski definition) is 2. The maximum absolute atomic E-state index is 10.6. The quantitative estimate of drug-likeness (QED) is 0.746. The maximum atomic E-state index is 10.6. The Kier molecular flexibility index (Phi) is 3.88. The van der Waals surface area contributed by atoms with Gasteiger partial charge in [-0.05, 0) is 26.7 Å². The molecule has 1 saturated heterocycles. The standard InChI is InChI=1S/C13H26N2O/c1-11-9-15(12(2)8-14-11)10-13(16)6-4-3-5-7-13/h11-12,14,16H,3-10H2,1-2H3. The molecule has 0 amide bonds. The topological polar surface area (TPSA) is 35.5 Å². The van der Waals surface area contributed by atoms with Gasteiger partial charge in [-0.3, -0.25) is 4.90 Å². The van der Waals surface area contributed by atoms with Crippen molar-refractivity contribution < 1.29 is 5.11 Å². The Morgan fingerprint density at radius 1 is 1.25 bits per heavy atom.